The van der Waals surface area contributed by atoms with E-state index >= 15 is 0 Å². The van der Waals surface area contributed by atoms with Crippen LogP contribution in [0.2, 0.25) is 0 Å². The lowest BCUT2D eigenvalue weighted by Gasteiger charge is -2.16. The largest absolute Gasteiger partial charge is 0.340 e. The van der Waals surface area contributed by atoms with E-state index in [1.54, 1.807) is 20.0 Å². The molecule has 2 N–H and O–H groups in total. The van der Waals surface area contributed by atoms with E-state index in [1.165, 1.54) is 17.0 Å². The number of amides is 1. The number of nitrogens with zero attached hydrogens (tertiary/aromatic N) is 1. The van der Waals surface area contributed by atoms with Gasteiger partial charge in [0.15, 0.2) is 0 Å². The van der Waals surface area contributed by atoms with E-state index in [9.17, 15) is 9.18 Å². The van der Waals surface area contributed by atoms with Gasteiger partial charge in [-0.05, 0) is 24.6 Å². The second-order valence-electron chi connectivity index (χ2n) is 3.50. The van der Waals surface area contributed by atoms with Crippen molar-refractivity contribution in [2.24, 2.45) is 5.73 Å². The highest BCUT2D eigenvalue weighted by Gasteiger charge is 2.15. The molecule has 1 amide bonds. The Bertz CT molecular complexity index is 366. The first-order valence-electron chi connectivity index (χ1n) is 4.78. The maximum Gasteiger partial charge on any atom is 0.256 e. The smallest absolute Gasteiger partial charge is 0.256 e. The van der Waals surface area contributed by atoms with Gasteiger partial charge in [-0.25, -0.2) is 4.39 Å². The lowest BCUT2D eigenvalue weighted by Crippen LogP contribution is -2.32. The molecular formula is C11H15FN2O. The zero-order chi connectivity index (χ0) is 11.4. The van der Waals surface area contributed by atoms with Gasteiger partial charge < -0.3 is 10.6 Å². The van der Waals surface area contributed by atoms with Gasteiger partial charge in [0.05, 0.1) is 5.56 Å². The van der Waals surface area contributed by atoms with Crippen LogP contribution in [0, 0.1) is 12.7 Å². The predicted octanol–water partition coefficient (Wildman–Crippen LogP) is 1.16. The number of aryl methyl sites for hydroxylation is 1. The van der Waals surface area contributed by atoms with E-state index in [4.69, 9.17) is 5.73 Å². The van der Waals surface area contributed by atoms with Crippen molar-refractivity contribution in [3.05, 3.63) is 35.1 Å². The van der Waals surface area contributed by atoms with Crippen molar-refractivity contribution < 1.29 is 9.18 Å². The van der Waals surface area contributed by atoms with Crippen molar-refractivity contribution in [1.29, 1.82) is 0 Å². The molecule has 0 aromatic heterocycles. The molecule has 4 heteroatoms. The minimum absolute atomic E-state index is 0.0940. The highest BCUT2D eigenvalue weighted by atomic mass is 19.1. The average molecular weight is 210 g/mol. The van der Waals surface area contributed by atoms with Crippen molar-refractivity contribution in [3.8, 4) is 0 Å². The molecule has 0 fully saturated rings. The Balaban J connectivity index is 2.91. The van der Waals surface area contributed by atoms with Crippen molar-refractivity contribution >= 4 is 5.91 Å². The summed E-state index contributed by atoms with van der Waals surface area (Å²) in [5.41, 5.74) is 6.21. The van der Waals surface area contributed by atoms with Crippen LogP contribution < -0.4 is 5.73 Å². The Morgan fingerprint density at radius 1 is 1.53 bits per heavy atom. The second kappa shape index (κ2) is 4.89. The van der Waals surface area contributed by atoms with Crippen LogP contribution in [0.25, 0.3) is 0 Å². The zero-order valence-electron chi connectivity index (χ0n) is 8.96. The molecule has 1 rings (SSSR count). The number of hydrogen-bond acceptors (Lipinski definition) is 2. The van der Waals surface area contributed by atoms with Gasteiger partial charge in [-0.1, -0.05) is 6.07 Å². The first-order valence-corrected chi connectivity index (χ1v) is 4.78. The summed E-state index contributed by atoms with van der Waals surface area (Å²) < 4.78 is 13.4. The molecule has 0 aliphatic heterocycles. The van der Waals surface area contributed by atoms with Crippen LogP contribution in [-0.2, 0) is 0 Å². The van der Waals surface area contributed by atoms with Crippen LogP contribution in [0.1, 0.15) is 15.9 Å². The third-order valence-corrected chi connectivity index (χ3v) is 2.17. The van der Waals surface area contributed by atoms with Crippen LogP contribution in [0.3, 0.4) is 0 Å². The topological polar surface area (TPSA) is 46.3 Å². The van der Waals surface area contributed by atoms with Gasteiger partial charge in [-0.2, -0.15) is 0 Å². The van der Waals surface area contributed by atoms with Crippen LogP contribution in [0.4, 0.5) is 4.39 Å². The van der Waals surface area contributed by atoms with Crippen LogP contribution in [0.15, 0.2) is 18.2 Å². The molecule has 0 heterocycles. The quantitative estimate of drug-likeness (QED) is 0.813. The second-order valence-corrected chi connectivity index (χ2v) is 3.50. The van der Waals surface area contributed by atoms with E-state index in [-0.39, 0.29) is 11.5 Å². The summed E-state index contributed by atoms with van der Waals surface area (Å²) in [6.07, 6.45) is 0. The number of carbonyl (C=O) groups excluding carboxylic acids is 1. The average Bonchev–Trinajstić information content (AvgIpc) is 2.17. The van der Waals surface area contributed by atoms with Crippen molar-refractivity contribution in [3.63, 3.8) is 0 Å². The van der Waals surface area contributed by atoms with Gasteiger partial charge in [0, 0.05) is 20.1 Å². The Hall–Kier alpha value is -1.42. The molecule has 1 aromatic rings. The normalized spacial score (nSPS) is 10.1. The number of carbonyl (C=O) groups is 1. The molecule has 0 unspecified atom stereocenters. The number of halogens is 1. The third-order valence-electron chi connectivity index (χ3n) is 2.17. The third kappa shape index (κ3) is 2.76. The summed E-state index contributed by atoms with van der Waals surface area (Å²) in [6, 6.07) is 4.57. The molecule has 0 atom stereocenters. The fourth-order valence-electron chi connectivity index (χ4n) is 1.29. The molecule has 0 saturated heterocycles. The molecule has 0 aliphatic carbocycles. The lowest BCUT2D eigenvalue weighted by molar-refractivity contribution is 0.0794. The van der Waals surface area contributed by atoms with E-state index in [0.717, 1.165) is 5.56 Å². The van der Waals surface area contributed by atoms with Gasteiger partial charge in [0.25, 0.3) is 5.91 Å². The van der Waals surface area contributed by atoms with Gasteiger partial charge in [0.2, 0.25) is 0 Å². The minimum Gasteiger partial charge on any atom is -0.340 e. The maximum absolute atomic E-state index is 13.4. The number of nitrogens with two attached hydrogens (primary N) is 1. The Morgan fingerprint density at radius 3 is 2.73 bits per heavy atom. The van der Waals surface area contributed by atoms with Gasteiger partial charge in [0.1, 0.15) is 5.82 Å². The minimum atomic E-state index is -0.483. The molecule has 0 saturated carbocycles. The van der Waals surface area contributed by atoms with Gasteiger partial charge >= 0.3 is 0 Å². The molecule has 0 aliphatic rings. The summed E-state index contributed by atoms with van der Waals surface area (Å²) in [6.45, 7) is 2.57. The van der Waals surface area contributed by atoms with Crippen molar-refractivity contribution in [2.75, 3.05) is 20.1 Å². The molecule has 82 valence electrons. The highest BCUT2D eigenvalue weighted by Crippen LogP contribution is 2.11. The fraction of sp³-hybridized carbons (Fsp3) is 0.364. The first-order chi connectivity index (χ1) is 7.06. The number of likely N-dealkylation sites (N-methyl/N-ethyl adjacent to an activating group) is 1. The monoisotopic (exact) mass is 210 g/mol. The summed E-state index contributed by atoms with van der Waals surface area (Å²) in [7, 11) is 1.61. The number of hydrogen-bond donors (Lipinski definition) is 1. The molecule has 1 aromatic carbocycles. The molecule has 3 nitrogen and oxygen atoms in total. The summed E-state index contributed by atoms with van der Waals surface area (Å²) >= 11 is 0. The fourth-order valence-corrected chi connectivity index (χ4v) is 1.29. The lowest BCUT2D eigenvalue weighted by atomic mass is 10.1. The molecule has 0 bridgehead atoms. The first kappa shape index (κ1) is 11.7. The van der Waals surface area contributed by atoms with Gasteiger partial charge in [-0.15, -0.1) is 0 Å². The van der Waals surface area contributed by atoms with Crippen molar-refractivity contribution in [1.82, 2.24) is 4.90 Å². The summed E-state index contributed by atoms with van der Waals surface area (Å²) in [4.78, 5) is 13.1. The highest BCUT2D eigenvalue weighted by molar-refractivity contribution is 5.94. The summed E-state index contributed by atoms with van der Waals surface area (Å²) in [5, 5.41) is 0. The Labute approximate surface area is 88.7 Å². The van der Waals surface area contributed by atoms with E-state index < -0.39 is 5.82 Å². The van der Waals surface area contributed by atoms with Crippen LogP contribution in [0.5, 0.6) is 0 Å². The molecule has 0 radical (unpaired) electrons. The number of benzene rings is 1. The molecule has 0 spiro atoms. The standard InChI is InChI=1S/C11H15FN2O/c1-8-3-4-9(10(12)7-8)11(15)14(2)6-5-13/h3-4,7H,5-6,13H2,1-2H3. The van der Waals surface area contributed by atoms with Crippen molar-refractivity contribution in [2.45, 2.75) is 6.92 Å². The Morgan fingerprint density at radius 2 is 2.20 bits per heavy atom. The van der Waals surface area contributed by atoms with Gasteiger partial charge in [-0.3, -0.25) is 4.79 Å². The Kier molecular flexibility index (Phi) is 3.80. The molecular weight excluding hydrogens is 195 g/mol. The summed E-state index contributed by atoms with van der Waals surface area (Å²) in [5.74, 6) is -0.818. The maximum atomic E-state index is 13.4. The SMILES string of the molecule is Cc1ccc(C(=O)N(C)CCN)c(F)c1. The predicted molar refractivity (Wildman–Crippen MR) is 57.2 cm³/mol. The van der Waals surface area contributed by atoms with Crippen LogP contribution in [-0.4, -0.2) is 30.9 Å². The molecule has 15 heavy (non-hydrogen) atoms. The van der Waals surface area contributed by atoms with E-state index in [1.807, 2.05) is 0 Å². The van der Waals surface area contributed by atoms with Crippen LogP contribution >= 0.6 is 0 Å². The van der Waals surface area contributed by atoms with E-state index in [2.05, 4.69) is 0 Å². The zero-order valence-corrected chi connectivity index (χ0v) is 8.96. The number of rotatable bonds is 3. The van der Waals surface area contributed by atoms with E-state index in [0.29, 0.717) is 13.1 Å².